The van der Waals surface area contributed by atoms with Crippen molar-refractivity contribution in [2.45, 2.75) is 5.41 Å². The average molecular weight is 1060 g/mol. The molecule has 4 aromatic heterocycles. The fourth-order valence-electron chi connectivity index (χ4n) is 11.5. The van der Waals surface area contributed by atoms with E-state index in [0.717, 1.165) is 122 Å². The summed E-state index contributed by atoms with van der Waals surface area (Å²) in [6, 6.07) is 79.2. The number of nitrogens with zero attached hydrogens (tertiary/aromatic N) is 6. The molecule has 392 valence electrons. The van der Waals surface area contributed by atoms with Gasteiger partial charge >= 0.3 is 0 Å². The molecule has 0 aliphatic rings. The number of benzene rings is 10. The minimum atomic E-state index is -0.939. The number of aromatic nitrogens is 6. The molecular weight excluding hydrogens is 1010 g/mol. The van der Waals surface area contributed by atoms with Crippen LogP contribution in [-0.2, 0) is 5.41 Å². The number of hydrogen-bond acceptors (Lipinski definition) is 10. The molecule has 0 aliphatic heterocycles. The van der Waals surface area contributed by atoms with E-state index in [9.17, 15) is 0 Å². The second-order valence-corrected chi connectivity index (χ2v) is 19.8. The van der Waals surface area contributed by atoms with E-state index in [2.05, 4.69) is 175 Å². The molecule has 0 radical (unpaired) electrons. The molecule has 0 atom stereocenters. The molecule has 10 aromatic carbocycles. The Kier molecular flexibility index (Phi) is 12.0. The van der Waals surface area contributed by atoms with E-state index in [0.29, 0.717) is 23.6 Å². The third-order valence-corrected chi connectivity index (χ3v) is 15.5. The van der Waals surface area contributed by atoms with Crippen molar-refractivity contribution in [1.29, 1.82) is 0 Å². The Balaban J connectivity index is 0.975. The van der Waals surface area contributed by atoms with Crippen molar-refractivity contribution in [3.05, 3.63) is 253 Å². The quantitative estimate of drug-likeness (QED) is 0.0972. The molecule has 0 bridgehead atoms. The summed E-state index contributed by atoms with van der Waals surface area (Å²) < 4.78 is 40.2. The molecule has 4 heterocycles. The topological polar surface area (TPSA) is 125 Å². The molecule has 0 unspecified atom stereocenters. The van der Waals surface area contributed by atoms with Gasteiger partial charge in [-0.2, -0.15) is 0 Å². The van der Waals surface area contributed by atoms with Gasteiger partial charge in [0.1, 0.15) is 23.0 Å². The summed E-state index contributed by atoms with van der Waals surface area (Å²) in [5.41, 5.74) is 12.5. The van der Waals surface area contributed by atoms with E-state index in [1.807, 2.05) is 84.9 Å². The molecule has 14 rings (SSSR count). The lowest BCUT2D eigenvalue weighted by Gasteiger charge is -2.37. The first-order chi connectivity index (χ1) is 39.9. The Bertz CT molecular complexity index is 4190. The van der Waals surface area contributed by atoms with Crippen LogP contribution in [0.25, 0.3) is 101 Å². The Morgan fingerprint density at radius 3 is 0.827 bits per heavy atom. The lowest BCUT2D eigenvalue weighted by Crippen LogP contribution is -2.31. The first-order valence-electron chi connectivity index (χ1n) is 26.5. The van der Waals surface area contributed by atoms with Crippen molar-refractivity contribution < 1.29 is 27.8 Å². The molecule has 0 amide bonds. The van der Waals surface area contributed by atoms with Crippen LogP contribution in [0.4, 0.5) is 0 Å². The zero-order chi connectivity index (χ0) is 54.6. The van der Waals surface area contributed by atoms with Gasteiger partial charge < -0.3 is 36.9 Å². The van der Waals surface area contributed by atoms with Gasteiger partial charge in [-0.05, 0) is 168 Å². The van der Waals surface area contributed by atoms with Crippen molar-refractivity contribution in [3.8, 4) is 80.2 Å². The van der Waals surface area contributed by atoms with Gasteiger partial charge in [0.2, 0.25) is 23.6 Å². The minimum absolute atomic E-state index is 0.418. The summed E-state index contributed by atoms with van der Waals surface area (Å²) in [4.78, 5) is 0. The highest BCUT2D eigenvalue weighted by Crippen LogP contribution is 2.48. The smallest absolute Gasteiger partial charge is 0.248 e. The molecule has 12 nitrogen and oxygen atoms in total. The Hall–Kier alpha value is -10.7. The number of hydrogen-bond donors (Lipinski definition) is 0. The number of rotatable bonds is 14. The lowest BCUT2D eigenvalue weighted by atomic mass is 9.65. The van der Waals surface area contributed by atoms with E-state index in [1.165, 1.54) is 0 Å². The molecule has 14 aromatic rings. The average Bonchev–Trinajstić information content (AvgIpc) is 4.49. The second kappa shape index (κ2) is 19.9. The van der Waals surface area contributed by atoms with Crippen molar-refractivity contribution in [2.75, 3.05) is 28.4 Å². The molecule has 0 saturated carbocycles. The SMILES string of the molecule is COc1ccc2c(c1)c1cc(OC)ccc1n2-c1ccc(C(c2ccc(-c3nnc(-c4ccccc4)o3)cc2)(c2ccc(-c3nnc(-c4ccccc4)o3)cc2)c2ccc(-n3c4ccc(OC)cc4c4cc(OC)ccc43)cc2)cc1. The van der Waals surface area contributed by atoms with Gasteiger partial charge in [0.15, 0.2) is 0 Å². The van der Waals surface area contributed by atoms with E-state index < -0.39 is 5.41 Å². The lowest BCUT2D eigenvalue weighted by molar-refractivity contribution is 0.415. The van der Waals surface area contributed by atoms with Gasteiger partial charge in [-0.25, -0.2) is 0 Å². The fourth-order valence-corrected chi connectivity index (χ4v) is 11.5. The zero-order valence-corrected chi connectivity index (χ0v) is 44.6. The molecule has 12 heteroatoms. The van der Waals surface area contributed by atoms with Crippen LogP contribution in [0.1, 0.15) is 22.3 Å². The fraction of sp³-hybridized carbons (Fsp3) is 0.0725. The molecular formula is C69H50N6O6. The Labute approximate surface area is 465 Å². The maximum absolute atomic E-state index is 6.32. The predicted molar refractivity (Wildman–Crippen MR) is 317 cm³/mol. The first kappa shape index (κ1) is 48.6. The maximum atomic E-state index is 6.32. The van der Waals surface area contributed by atoms with Gasteiger partial charge in [-0.1, -0.05) is 84.9 Å². The van der Waals surface area contributed by atoms with E-state index >= 15 is 0 Å². The standard InChI is InChI=1S/C69H50N6O6/c1-76-53-31-35-61-57(39-53)58-40-54(77-2)32-36-62(58)74(61)51-27-23-49(24-28-51)69(47-19-15-45(16-20-47)67-72-70-65(80-67)43-11-7-5-8-12-43,48-21-17-46(18-22-48)68-73-71-66(81-68)44-13-9-6-10-14-44)50-25-29-52(30-26-50)75-63-37-33-55(78-3)41-59(63)60-42-56(79-4)34-38-64(60)75/h5-42H,1-4H3. The number of fused-ring (bicyclic) bond motifs is 6. The second-order valence-electron chi connectivity index (χ2n) is 19.8. The summed E-state index contributed by atoms with van der Waals surface area (Å²) in [6.45, 7) is 0. The Morgan fingerprint density at radius 2 is 0.556 bits per heavy atom. The number of methoxy groups -OCH3 is 4. The van der Waals surface area contributed by atoms with Crippen molar-refractivity contribution >= 4 is 43.6 Å². The van der Waals surface area contributed by atoms with E-state index in [4.69, 9.17) is 27.8 Å². The molecule has 81 heavy (non-hydrogen) atoms. The largest absolute Gasteiger partial charge is 0.497 e. The molecule has 0 N–H and O–H groups in total. The molecule has 0 spiro atoms. The van der Waals surface area contributed by atoms with Gasteiger partial charge in [0, 0.05) is 55.2 Å². The zero-order valence-electron chi connectivity index (χ0n) is 44.6. The molecule has 0 aliphatic carbocycles. The summed E-state index contributed by atoms with van der Waals surface area (Å²) >= 11 is 0. The van der Waals surface area contributed by atoms with Gasteiger partial charge in [0.25, 0.3) is 0 Å². The molecule has 0 saturated heterocycles. The van der Waals surface area contributed by atoms with Crippen LogP contribution in [0.15, 0.2) is 239 Å². The van der Waals surface area contributed by atoms with Crippen LogP contribution in [0.2, 0.25) is 0 Å². The van der Waals surface area contributed by atoms with Crippen LogP contribution in [0.5, 0.6) is 23.0 Å². The van der Waals surface area contributed by atoms with Crippen molar-refractivity contribution in [3.63, 3.8) is 0 Å². The van der Waals surface area contributed by atoms with Crippen LogP contribution in [0, 0.1) is 0 Å². The Morgan fingerprint density at radius 1 is 0.296 bits per heavy atom. The first-order valence-corrected chi connectivity index (χ1v) is 26.5. The van der Waals surface area contributed by atoms with Crippen LogP contribution < -0.4 is 18.9 Å². The third kappa shape index (κ3) is 8.22. The van der Waals surface area contributed by atoms with Crippen molar-refractivity contribution in [2.24, 2.45) is 0 Å². The van der Waals surface area contributed by atoms with Crippen LogP contribution >= 0.6 is 0 Å². The van der Waals surface area contributed by atoms with Crippen LogP contribution in [-0.4, -0.2) is 58.0 Å². The highest BCUT2D eigenvalue weighted by Gasteiger charge is 2.39. The normalized spacial score (nSPS) is 11.7. The predicted octanol–water partition coefficient (Wildman–Crippen LogP) is 15.7. The monoisotopic (exact) mass is 1060 g/mol. The summed E-state index contributed by atoms with van der Waals surface area (Å²) in [5.74, 6) is 4.84. The number of ether oxygens (including phenoxy) is 4. The van der Waals surface area contributed by atoms with E-state index in [1.54, 1.807) is 28.4 Å². The summed E-state index contributed by atoms with van der Waals surface area (Å²) in [7, 11) is 6.78. The van der Waals surface area contributed by atoms with E-state index in [-0.39, 0.29) is 0 Å². The van der Waals surface area contributed by atoms with Gasteiger partial charge in [-0.3, -0.25) is 0 Å². The van der Waals surface area contributed by atoms with Gasteiger partial charge in [0.05, 0.1) is 55.9 Å². The highest BCUT2D eigenvalue weighted by atomic mass is 16.5. The highest BCUT2D eigenvalue weighted by molar-refractivity contribution is 6.11. The van der Waals surface area contributed by atoms with Crippen molar-refractivity contribution in [1.82, 2.24) is 29.5 Å². The summed E-state index contributed by atoms with van der Waals surface area (Å²) in [6.07, 6.45) is 0. The molecule has 0 fully saturated rings. The summed E-state index contributed by atoms with van der Waals surface area (Å²) in [5, 5.41) is 22.1. The third-order valence-electron chi connectivity index (χ3n) is 15.5. The van der Waals surface area contributed by atoms with Gasteiger partial charge in [-0.15, -0.1) is 20.4 Å². The maximum Gasteiger partial charge on any atom is 0.248 e. The van der Waals surface area contributed by atoms with Crippen LogP contribution in [0.3, 0.4) is 0 Å². The minimum Gasteiger partial charge on any atom is -0.497 e.